The zero-order valence-corrected chi connectivity index (χ0v) is 17.3. The normalized spacial score (nSPS) is 12.7. The number of hydrogen-bond donors (Lipinski definition) is 2. The van der Waals surface area contributed by atoms with Gasteiger partial charge in [0.05, 0.1) is 29.5 Å². The van der Waals surface area contributed by atoms with Gasteiger partial charge in [-0.3, -0.25) is 9.48 Å². The maximum absolute atomic E-state index is 12.7. The largest absolute Gasteiger partial charge is 0.481 e. The average molecular weight is 434 g/mol. The van der Waals surface area contributed by atoms with E-state index in [4.69, 9.17) is 5.11 Å². The van der Waals surface area contributed by atoms with E-state index in [2.05, 4.69) is 17.7 Å². The molecule has 0 amide bonds. The first-order valence-corrected chi connectivity index (χ1v) is 9.76. The maximum atomic E-state index is 12.7. The Morgan fingerprint density at radius 2 is 1.60 bits per heavy atom. The highest BCUT2D eigenvalue weighted by Gasteiger charge is 2.30. The summed E-state index contributed by atoms with van der Waals surface area (Å²) in [5.41, 5.74) is 4.06. The van der Waals surface area contributed by atoms with Crippen LogP contribution in [0.3, 0.4) is 0 Å². The summed E-state index contributed by atoms with van der Waals surface area (Å²) in [4.78, 5) is 11.0. The van der Waals surface area contributed by atoms with Crippen LogP contribution in [0.25, 0.3) is 0 Å². The predicted octanol–water partition coefficient (Wildman–Crippen LogP) is 5.21. The molecule has 0 aliphatic rings. The maximum Gasteiger partial charge on any atom is 0.416 e. The van der Waals surface area contributed by atoms with E-state index in [9.17, 15) is 18.0 Å². The van der Waals surface area contributed by atoms with E-state index in [1.54, 1.807) is 11.6 Å². The van der Waals surface area contributed by atoms with E-state index in [1.807, 2.05) is 31.2 Å². The fraction of sp³-hybridized carbons (Fsp3) is 0.273. The minimum absolute atomic E-state index is 0.0644. The lowest BCUT2D eigenvalue weighted by atomic mass is 10.0. The number of aliphatic carboxylic acids is 1. The highest BCUT2D eigenvalue weighted by molar-refractivity contribution is 7.80. The zero-order valence-electron chi connectivity index (χ0n) is 16.4. The van der Waals surface area contributed by atoms with Crippen molar-refractivity contribution in [3.8, 4) is 0 Å². The van der Waals surface area contributed by atoms with Crippen molar-refractivity contribution in [2.75, 3.05) is 0 Å². The Morgan fingerprint density at radius 3 is 2.10 bits per heavy atom. The molecule has 0 radical (unpaired) electrons. The topological polar surface area (TPSA) is 55.1 Å². The zero-order chi connectivity index (χ0) is 22.1. The molecule has 8 heteroatoms. The smallest absolute Gasteiger partial charge is 0.416 e. The molecule has 1 N–H and O–H groups in total. The van der Waals surface area contributed by atoms with Gasteiger partial charge in [0, 0.05) is 11.3 Å². The third-order valence-corrected chi connectivity index (χ3v) is 5.64. The quantitative estimate of drug-likeness (QED) is 0.524. The number of carboxylic acid groups (broad SMARTS) is 1. The monoisotopic (exact) mass is 434 g/mol. The lowest BCUT2D eigenvalue weighted by molar-refractivity contribution is -0.138. The van der Waals surface area contributed by atoms with Crippen molar-refractivity contribution in [2.45, 2.75) is 38.2 Å². The van der Waals surface area contributed by atoms with Crippen LogP contribution in [0, 0.1) is 13.8 Å². The van der Waals surface area contributed by atoms with E-state index in [0.717, 1.165) is 34.5 Å². The van der Waals surface area contributed by atoms with Gasteiger partial charge >= 0.3 is 12.1 Å². The summed E-state index contributed by atoms with van der Waals surface area (Å²) in [5.74, 6) is -0.895. The number of carbonyl (C=O) groups is 1. The first-order chi connectivity index (χ1) is 14.1. The van der Waals surface area contributed by atoms with Crippen molar-refractivity contribution in [2.24, 2.45) is 0 Å². The molecule has 1 aromatic heterocycles. The summed E-state index contributed by atoms with van der Waals surface area (Å²) >= 11 is 4.56. The van der Waals surface area contributed by atoms with Gasteiger partial charge in [-0.05, 0) is 42.7 Å². The molecule has 1 heterocycles. The number of hydrogen-bond acceptors (Lipinski definition) is 3. The number of halogens is 3. The van der Waals surface area contributed by atoms with Gasteiger partial charge in [-0.15, -0.1) is 0 Å². The first kappa shape index (κ1) is 22.0. The Morgan fingerprint density at radius 1 is 1.07 bits per heavy atom. The van der Waals surface area contributed by atoms with Crippen LogP contribution in [0.15, 0.2) is 48.5 Å². The second kappa shape index (κ2) is 8.55. The number of nitrogens with zero attached hydrogens (tertiary/aromatic N) is 2. The minimum atomic E-state index is -4.36. The summed E-state index contributed by atoms with van der Waals surface area (Å²) in [7, 11) is 0. The number of carboxylic acids is 1. The van der Waals surface area contributed by atoms with Crippen LogP contribution in [0.1, 0.15) is 44.5 Å². The van der Waals surface area contributed by atoms with Crippen LogP contribution in [0.2, 0.25) is 0 Å². The van der Waals surface area contributed by atoms with Crippen molar-refractivity contribution in [3.05, 3.63) is 87.7 Å². The van der Waals surface area contributed by atoms with Gasteiger partial charge in [-0.1, -0.05) is 36.4 Å². The van der Waals surface area contributed by atoms with Crippen LogP contribution in [-0.2, 0) is 23.9 Å². The van der Waals surface area contributed by atoms with E-state index >= 15 is 0 Å². The molecule has 0 saturated heterocycles. The van der Waals surface area contributed by atoms with Crippen molar-refractivity contribution in [1.29, 1.82) is 0 Å². The predicted molar refractivity (Wildman–Crippen MR) is 111 cm³/mol. The number of alkyl halides is 3. The highest BCUT2D eigenvalue weighted by atomic mass is 32.1. The molecule has 2 aromatic carbocycles. The van der Waals surface area contributed by atoms with Crippen molar-refractivity contribution >= 4 is 18.6 Å². The Balaban J connectivity index is 1.74. The molecule has 0 aliphatic heterocycles. The first-order valence-electron chi connectivity index (χ1n) is 9.25. The summed E-state index contributed by atoms with van der Waals surface area (Å²) < 4.78 is 40.0. The molecule has 0 saturated carbocycles. The van der Waals surface area contributed by atoms with Crippen LogP contribution >= 0.6 is 12.6 Å². The van der Waals surface area contributed by atoms with Crippen LogP contribution < -0.4 is 0 Å². The molecular formula is C22H21F3N2O2S. The third-order valence-electron chi connectivity index (χ3n) is 5.04. The van der Waals surface area contributed by atoms with Crippen molar-refractivity contribution in [3.63, 3.8) is 0 Å². The Hall–Kier alpha value is -2.74. The summed E-state index contributed by atoms with van der Waals surface area (Å²) in [6, 6.07) is 12.6. The Bertz CT molecular complexity index is 1040. The molecular weight excluding hydrogens is 413 g/mol. The third kappa shape index (κ3) is 4.87. The number of aromatic nitrogens is 2. The van der Waals surface area contributed by atoms with Crippen molar-refractivity contribution < 1.29 is 23.1 Å². The molecule has 158 valence electrons. The van der Waals surface area contributed by atoms with Gasteiger partial charge in [0.15, 0.2) is 0 Å². The second-order valence-electron chi connectivity index (χ2n) is 7.14. The molecule has 30 heavy (non-hydrogen) atoms. The van der Waals surface area contributed by atoms with Crippen LogP contribution in [-0.4, -0.2) is 20.9 Å². The molecule has 3 aromatic rings. The van der Waals surface area contributed by atoms with Gasteiger partial charge in [0.1, 0.15) is 0 Å². The lowest BCUT2D eigenvalue weighted by Gasteiger charge is -2.14. The summed E-state index contributed by atoms with van der Waals surface area (Å²) in [6.07, 6.45) is -4.43. The lowest BCUT2D eigenvalue weighted by Crippen LogP contribution is -2.06. The molecule has 0 aliphatic carbocycles. The highest BCUT2D eigenvalue weighted by Crippen LogP contribution is 2.33. The van der Waals surface area contributed by atoms with Gasteiger partial charge in [-0.2, -0.15) is 30.9 Å². The van der Waals surface area contributed by atoms with Gasteiger partial charge < -0.3 is 5.11 Å². The average Bonchev–Trinajstić information content (AvgIpc) is 2.94. The van der Waals surface area contributed by atoms with Gasteiger partial charge in [0.25, 0.3) is 0 Å². The summed E-state index contributed by atoms with van der Waals surface area (Å²) in [6.45, 7) is 4.13. The minimum Gasteiger partial charge on any atom is -0.481 e. The van der Waals surface area contributed by atoms with Gasteiger partial charge in [-0.25, -0.2) is 0 Å². The standard InChI is InChI=1S/C22H21F3N2O2S/c1-13-19(11-20(28)29)14(2)27(26-13)12-15-3-5-16(6-4-15)21(30)17-7-9-18(10-8-17)22(23,24)25/h3-10,21,30H,11-12H2,1-2H3,(H,28,29). The Labute approximate surface area is 177 Å². The molecule has 3 rings (SSSR count). The molecule has 0 spiro atoms. The van der Waals surface area contributed by atoms with E-state index in [0.29, 0.717) is 17.8 Å². The molecule has 1 unspecified atom stereocenters. The molecule has 0 bridgehead atoms. The van der Waals surface area contributed by atoms with Gasteiger partial charge in [0.2, 0.25) is 0 Å². The van der Waals surface area contributed by atoms with E-state index < -0.39 is 17.7 Å². The van der Waals surface area contributed by atoms with E-state index in [-0.39, 0.29) is 11.7 Å². The van der Waals surface area contributed by atoms with Crippen molar-refractivity contribution in [1.82, 2.24) is 9.78 Å². The molecule has 4 nitrogen and oxygen atoms in total. The second-order valence-corrected chi connectivity index (χ2v) is 7.66. The molecule has 0 fully saturated rings. The van der Waals surface area contributed by atoms with Crippen LogP contribution in [0.4, 0.5) is 13.2 Å². The number of thiol groups is 1. The molecule has 1 atom stereocenters. The number of rotatable bonds is 6. The number of aryl methyl sites for hydroxylation is 1. The SMILES string of the molecule is Cc1nn(Cc2ccc(C(S)c3ccc(C(F)(F)F)cc3)cc2)c(C)c1CC(=O)O. The van der Waals surface area contributed by atoms with Crippen LogP contribution in [0.5, 0.6) is 0 Å². The fourth-order valence-electron chi connectivity index (χ4n) is 3.32. The van der Waals surface area contributed by atoms with E-state index in [1.165, 1.54) is 12.1 Å². The summed E-state index contributed by atoms with van der Waals surface area (Å²) in [5, 5.41) is 13.1. The number of benzene rings is 2. The Kier molecular flexibility index (Phi) is 6.26. The fourth-order valence-corrected chi connectivity index (χ4v) is 3.66.